The van der Waals surface area contributed by atoms with E-state index in [4.69, 9.17) is 28.4 Å². The Morgan fingerprint density at radius 3 is 2.23 bits per heavy atom. The summed E-state index contributed by atoms with van der Waals surface area (Å²) in [5.41, 5.74) is 0.479. The highest BCUT2D eigenvalue weighted by molar-refractivity contribution is 5.96. The van der Waals surface area contributed by atoms with Crippen LogP contribution in [0.4, 0.5) is 5.69 Å². The molecule has 3 N–H and O–H groups in total. The maximum atomic E-state index is 12.9. The molecule has 192 valence electrons. The van der Waals surface area contributed by atoms with Gasteiger partial charge in [0.2, 0.25) is 11.8 Å². The van der Waals surface area contributed by atoms with Crippen molar-refractivity contribution in [2.24, 2.45) is 0 Å². The molecule has 0 spiro atoms. The van der Waals surface area contributed by atoms with Crippen LogP contribution in [0.25, 0.3) is 0 Å². The van der Waals surface area contributed by atoms with Gasteiger partial charge in [-0.15, -0.1) is 0 Å². The SMILES string of the molecule is COc1ccccc1NC(=O)CNC(=O)CNC(=O)[C@H]1O[C@@H]2OC(C)(C)O[C@@H]2[C@H]2OC(C)(C)O[C@H]21. The van der Waals surface area contributed by atoms with Gasteiger partial charge in [-0.1, -0.05) is 12.1 Å². The predicted molar refractivity (Wildman–Crippen MR) is 120 cm³/mol. The van der Waals surface area contributed by atoms with Crippen molar-refractivity contribution in [3.8, 4) is 5.75 Å². The molecular weight excluding hydrogens is 462 g/mol. The lowest BCUT2D eigenvalue weighted by molar-refractivity contribution is -0.231. The highest BCUT2D eigenvalue weighted by atomic mass is 16.9. The highest BCUT2D eigenvalue weighted by Gasteiger charge is 2.62. The summed E-state index contributed by atoms with van der Waals surface area (Å²) in [5, 5.41) is 7.63. The van der Waals surface area contributed by atoms with Crippen LogP contribution in [0.2, 0.25) is 0 Å². The minimum absolute atomic E-state index is 0.285. The van der Waals surface area contributed by atoms with E-state index >= 15 is 0 Å². The zero-order valence-corrected chi connectivity index (χ0v) is 20.3. The van der Waals surface area contributed by atoms with Gasteiger partial charge in [0, 0.05) is 0 Å². The lowest BCUT2D eigenvalue weighted by Gasteiger charge is -2.36. The van der Waals surface area contributed by atoms with Gasteiger partial charge in [-0.05, 0) is 39.8 Å². The smallest absolute Gasteiger partial charge is 0.252 e. The van der Waals surface area contributed by atoms with E-state index < -0.39 is 60.0 Å². The third-order valence-electron chi connectivity index (χ3n) is 5.66. The van der Waals surface area contributed by atoms with Crippen LogP contribution in [-0.2, 0) is 38.1 Å². The van der Waals surface area contributed by atoms with Crippen molar-refractivity contribution in [1.82, 2.24) is 10.6 Å². The average Bonchev–Trinajstić information content (AvgIpc) is 3.29. The van der Waals surface area contributed by atoms with Crippen LogP contribution in [-0.4, -0.2) is 80.2 Å². The van der Waals surface area contributed by atoms with Gasteiger partial charge in [-0.2, -0.15) is 0 Å². The quantitative estimate of drug-likeness (QED) is 0.487. The highest BCUT2D eigenvalue weighted by Crippen LogP contribution is 2.44. The molecule has 3 aliphatic rings. The van der Waals surface area contributed by atoms with Crippen LogP contribution in [0, 0.1) is 0 Å². The Kier molecular flexibility index (Phi) is 7.02. The van der Waals surface area contributed by atoms with E-state index in [9.17, 15) is 14.4 Å². The Balaban J connectivity index is 1.29. The fraction of sp³-hybridized carbons (Fsp3) is 0.609. The molecule has 3 amide bonds. The molecule has 0 aromatic heterocycles. The van der Waals surface area contributed by atoms with Crippen molar-refractivity contribution in [3.05, 3.63) is 24.3 Å². The largest absolute Gasteiger partial charge is 0.495 e. The average molecular weight is 494 g/mol. The lowest BCUT2D eigenvalue weighted by atomic mass is 9.98. The maximum Gasteiger partial charge on any atom is 0.252 e. The van der Waals surface area contributed by atoms with Crippen molar-refractivity contribution in [3.63, 3.8) is 0 Å². The van der Waals surface area contributed by atoms with E-state index in [-0.39, 0.29) is 13.1 Å². The number of carbonyl (C=O) groups is 3. The summed E-state index contributed by atoms with van der Waals surface area (Å²) < 4.78 is 34.6. The van der Waals surface area contributed by atoms with Gasteiger partial charge in [0.1, 0.15) is 24.1 Å². The molecule has 0 radical (unpaired) electrons. The Hall–Kier alpha value is -2.77. The molecule has 35 heavy (non-hydrogen) atoms. The van der Waals surface area contributed by atoms with Gasteiger partial charge >= 0.3 is 0 Å². The van der Waals surface area contributed by atoms with E-state index in [0.29, 0.717) is 11.4 Å². The summed E-state index contributed by atoms with van der Waals surface area (Å²) in [4.78, 5) is 37.3. The molecule has 3 heterocycles. The molecule has 0 unspecified atom stereocenters. The molecule has 3 aliphatic heterocycles. The first-order valence-corrected chi connectivity index (χ1v) is 11.3. The van der Waals surface area contributed by atoms with Gasteiger partial charge in [-0.3, -0.25) is 14.4 Å². The second-order valence-corrected chi connectivity index (χ2v) is 9.33. The number of anilines is 1. The van der Waals surface area contributed by atoms with E-state index in [0.717, 1.165) is 0 Å². The summed E-state index contributed by atoms with van der Waals surface area (Å²) in [7, 11) is 1.49. The Morgan fingerprint density at radius 1 is 0.857 bits per heavy atom. The van der Waals surface area contributed by atoms with Crippen LogP contribution in [0.1, 0.15) is 27.7 Å². The van der Waals surface area contributed by atoms with Crippen molar-refractivity contribution < 1.29 is 42.8 Å². The third-order valence-corrected chi connectivity index (χ3v) is 5.66. The summed E-state index contributed by atoms with van der Waals surface area (Å²) in [6.07, 6.45) is -3.81. The van der Waals surface area contributed by atoms with Crippen LogP contribution in [0.15, 0.2) is 24.3 Å². The van der Waals surface area contributed by atoms with Crippen molar-refractivity contribution >= 4 is 23.4 Å². The van der Waals surface area contributed by atoms with Gasteiger partial charge in [0.05, 0.1) is 25.9 Å². The number of hydrogen-bond acceptors (Lipinski definition) is 9. The van der Waals surface area contributed by atoms with Crippen molar-refractivity contribution in [2.75, 3.05) is 25.5 Å². The second kappa shape index (κ2) is 9.70. The molecule has 4 rings (SSSR count). The van der Waals surface area contributed by atoms with Gasteiger partial charge < -0.3 is 44.4 Å². The molecule has 0 saturated carbocycles. The summed E-state index contributed by atoms with van der Waals surface area (Å²) in [5.74, 6) is -2.93. The number of amides is 3. The molecule has 12 nitrogen and oxygen atoms in total. The standard InChI is InChI=1S/C23H31N3O9/c1-22(2)32-16-17(33-22)19-21(35-23(3,4)34-19)31-18(16)20(29)25-10-14(27)24-11-15(28)26-12-8-6-7-9-13(12)30-5/h6-9,16-19,21H,10-11H2,1-5H3,(H,24,27)(H,25,29)(H,26,28)/t16-,17+,18+,19-,21-/m1/s1. The molecule has 5 atom stereocenters. The van der Waals surface area contributed by atoms with E-state index in [1.165, 1.54) is 7.11 Å². The first-order chi connectivity index (χ1) is 16.5. The molecule has 1 aromatic carbocycles. The molecule has 12 heteroatoms. The number of nitrogens with one attached hydrogen (secondary N) is 3. The summed E-state index contributed by atoms with van der Waals surface area (Å²) in [6, 6.07) is 6.90. The minimum Gasteiger partial charge on any atom is -0.495 e. The number of fused-ring (bicyclic) bond motifs is 3. The van der Waals surface area contributed by atoms with Crippen LogP contribution in [0.5, 0.6) is 5.75 Å². The third kappa shape index (κ3) is 5.73. The van der Waals surface area contributed by atoms with Crippen molar-refractivity contribution in [2.45, 2.75) is 70.0 Å². The van der Waals surface area contributed by atoms with E-state index in [2.05, 4.69) is 16.0 Å². The first-order valence-electron chi connectivity index (χ1n) is 11.3. The molecule has 0 aliphatic carbocycles. The Labute approximate surface area is 202 Å². The number of methoxy groups -OCH3 is 1. The van der Waals surface area contributed by atoms with Crippen LogP contribution >= 0.6 is 0 Å². The molecule has 0 bridgehead atoms. The van der Waals surface area contributed by atoms with Gasteiger partial charge in [0.15, 0.2) is 24.0 Å². The topological polar surface area (TPSA) is 143 Å². The molecule has 3 saturated heterocycles. The molecular formula is C23H31N3O9. The fourth-order valence-corrected chi connectivity index (χ4v) is 4.27. The number of para-hydroxylation sites is 2. The summed E-state index contributed by atoms with van der Waals surface area (Å²) in [6.45, 7) is 6.31. The number of hydrogen-bond donors (Lipinski definition) is 3. The van der Waals surface area contributed by atoms with Crippen molar-refractivity contribution in [1.29, 1.82) is 0 Å². The van der Waals surface area contributed by atoms with Gasteiger partial charge in [0.25, 0.3) is 5.91 Å². The Morgan fingerprint density at radius 2 is 1.49 bits per heavy atom. The first kappa shape index (κ1) is 25.3. The monoisotopic (exact) mass is 493 g/mol. The number of ether oxygens (including phenoxy) is 6. The minimum atomic E-state index is -1.08. The fourth-order valence-electron chi connectivity index (χ4n) is 4.27. The van der Waals surface area contributed by atoms with Crippen LogP contribution in [0.3, 0.4) is 0 Å². The summed E-state index contributed by atoms with van der Waals surface area (Å²) >= 11 is 0. The zero-order chi connectivity index (χ0) is 25.4. The second-order valence-electron chi connectivity index (χ2n) is 9.33. The zero-order valence-electron chi connectivity index (χ0n) is 20.3. The number of rotatable bonds is 7. The number of benzene rings is 1. The van der Waals surface area contributed by atoms with Gasteiger partial charge in [-0.25, -0.2) is 0 Å². The normalized spacial score (nSPS) is 30.0. The predicted octanol–water partition coefficient (Wildman–Crippen LogP) is 0.263. The number of carbonyl (C=O) groups excluding carboxylic acids is 3. The lowest BCUT2D eigenvalue weighted by Crippen LogP contribution is -2.60. The van der Waals surface area contributed by atoms with E-state index in [1.807, 2.05) is 0 Å². The van der Waals surface area contributed by atoms with E-state index in [1.54, 1.807) is 52.0 Å². The Bertz CT molecular complexity index is 983. The maximum absolute atomic E-state index is 12.9. The van der Waals surface area contributed by atoms with Crippen LogP contribution < -0.4 is 20.7 Å². The molecule has 1 aromatic rings. The molecule has 3 fully saturated rings.